The summed E-state index contributed by atoms with van der Waals surface area (Å²) < 4.78 is 0. The topological polar surface area (TPSA) is 60.5 Å². The van der Waals surface area contributed by atoms with Crippen LogP contribution in [0.2, 0.25) is 0 Å². The van der Waals surface area contributed by atoms with Crippen LogP contribution in [-0.4, -0.2) is 4.98 Å². The molecule has 1 heterocycles. The zero-order chi connectivity index (χ0) is 18.4. The average Bonchev–Trinajstić information content (AvgIpc) is 2.72. The third kappa shape index (κ3) is 4.38. The number of aromatic nitrogens is 1. The van der Waals surface area contributed by atoms with E-state index in [-0.39, 0.29) is 0 Å². The fraction of sp³-hybridized carbons (Fsp3) is 0.348. The lowest BCUT2D eigenvalue weighted by molar-refractivity contribution is 0.272. The van der Waals surface area contributed by atoms with Crippen molar-refractivity contribution in [2.45, 2.75) is 38.5 Å². The van der Waals surface area contributed by atoms with Crippen LogP contribution >= 0.6 is 0 Å². The fourth-order valence-electron chi connectivity index (χ4n) is 3.85. The fourth-order valence-corrected chi connectivity index (χ4v) is 3.85. The summed E-state index contributed by atoms with van der Waals surface area (Å²) in [6.45, 7) is 2.31. The number of rotatable bonds is 4. The highest BCUT2D eigenvalue weighted by molar-refractivity contribution is 5.48. The highest BCUT2D eigenvalue weighted by atomic mass is 14.7. The van der Waals surface area contributed by atoms with Crippen molar-refractivity contribution in [3.8, 4) is 12.1 Å². The number of hydrogen-bond donors (Lipinski definition) is 0. The number of pyridine rings is 1. The van der Waals surface area contributed by atoms with Crippen LogP contribution in [0.4, 0.5) is 0 Å². The highest BCUT2D eigenvalue weighted by Crippen LogP contribution is 2.39. The van der Waals surface area contributed by atoms with Gasteiger partial charge in [0.1, 0.15) is 11.8 Å². The Morgan fingerprint density at radius 1 is 1.08 bits per heavy atom. The van der Waals surface area contributed by atoms with Gasteiger partial charge in [-0.2, -0.15) is 10.5 Å². The molecular formula is C23H23N3. The van der Waals surface area contributed by atoms with E-state index in [2.05, 4.69) is 42.3 Å². The molecule has 1 saturated carbocycles. The Kier molecular flexibility index (Phi) is 5.82. The van der Waals surface area contributed by atoms with E-state index in [1.807, 2.05) is 24.3 Å². The number of hydrogen-bond acceptors (Lipinski definition) is 3. The molecule has 2 aromatic rings. The van der Waals surface area contributed by atoms with Crippen molar-refractivity contribution in [1.82, 2.24) is 4.98 Å². The predicted octanol–water partition coefficient (Wildman–Crippen LogP) is 5.45. The summed E-state index contributed by atoms with van der Waals surface area (Å²) in [6.07, 6.45) is 11.1. The van der Waals surface area contributed by atoms with E-state index in [4.69, 9.17) is 10.5 Å². The molecule has 3 atom stereocenters. The molecule has 1 aromatic carbocycles. The molecule has 1 aliphatic rings. The molecule has 130 valence electrons. The van der Waals surface area contributed by atoms with Crippen molar-refractivity contribution in [3.05, 3.63) is 71.1 Å². The summed E-state index contributed by atoms with van der Waals surface area (Å²) >= 11 is 0. The summed E-state index contributed by atoms with van der Waals surface area (Å²) in [5.74, 6) is 1.77. The second kappa shape index (κ2) is 8.45. The minimum absolute atomic E-state index is 0.455. The van der Waals surface area contributed by atoms with Crippen molar-refractivity contribution in [3.63, 3.8) is 0 Å². The first-order valence-corrected chi connectivity index (χ1v) is 9.24. The van der Waals surface area contributed by atoms with Gasteiger partial charge < -0.3 is 0 Å². The lowest BCUT2D eigenvalue weighted by atomic mass is 9.73. The maximum Gasteiger partial charge on any atom is 0.140 e. The van der Waals surface area contributed by atoms with Crippen molar-refractivity contribution in [2.75, 3.05) is 0 Å². The van der Waals surface area contributed by atoms with Crippen LogP contribution in [0.3, 0.4) is 0 Å². The first kappa shape index (κ1) is 17.9. The van der Waals surface area contributed by atoms with Gasteiger partial charge in [-0.25, -0.2) is 4.98 Å². The Labute approximate surface area is 155 Å². The number of benzene rings is 1. The maximum atomic E-state index is 8.95. The summed E-state index contributed by atoms with van der Waals surface area (Å²) in [4.78, 5) is 4.12. The van der Waals surface area contributed by atoms with E-state index in [0.717, 1.165) is 11.1 Å². The van der Waals surface area contributed by atoms with Gasteiger partial charge in [0.2, 0.25) is 0 Å². The molecule has 3 nitrogen and oxygen atoms in total. The summed E-state index contributed by atoms with van der Waals surface area (Å²) in [5.41, 5.74) is 3.55. The van der Waals surface area contributed by atoms with Crippen molar-refractivity contribution in [2.24, 2.45) is 11.8 Å². The summed E-state index contributed by atoms with van der Waals surface area (Å²) in [7, 11) is 0. The van der Waals surface area contributed by atoms with Gasteiger partial charge in [0, 0.05) is 6.20 Å². The number of nitrogens with zero attached hydrogens (tertiary/aromatic N) is 3. The zero-order valence-corrected chi connectivity index (χ0v) is 15.1. The zero-order valence-electron chi connectivity index (χ0n) is 15.1. The van der Waals surface area contributed by atoms with Gasteiger partial charge in [0.15, 0.2) is 0 Å². The van der Waals surface area contributed by atoms with Gasteiger partial charge in [-0.05, 0) is 66.3 Å². The molecule has 1 aromatic heterocycles. The van der Waals surface area contributed by atoms with Gasteiger partial charge >= 0.3 is 0 Å². The quantitative estimate of drug-likeness (QED) is 0.743. The average molecular weight is 341 g/mol. The van der Waals surface area contributed by atoms with Crippen LogP contribution < -0.4 is 0 Å². The second-order valence-electron chi connectivity index (χ2n) is 7.16. The molecule has 0 saturated heterocycles. The highest BCUT2D eigenvalue weighted by Gasteiger charge is 2.25. The predicted molar refractivity (Wildman–Crippen MR) is 103 cm³/mol. The Morgan fingerprint density at radius 2 is 1.88 bits per heavy atom. The Balaban J connectivity index is 1.63. The molecular weight excluding hydrogens is 318 g/mol. The molecule has 3 heteroatoms. The van der Waals surface area contributed by atoms with Crippen LogP contribution in [-0.2, 0) is 0 Å². The van der Waals surface area contributed by atoms with Gasteiger partial charge in [-0.3, -0.25) is 0 Å². The van der Waals surface area contributed by atoms with E-state index in [0.29, 0.717) is 23.4 Å². The third-order valence-corrected chi connectivity index (χ3v) is 5.49. The summed E-state index contributed by atoms with van der Waals surface area (Å²) in [6, 6.07) is 16.0. The molecule has 0 radical (unpaired) electrons. The van der Waals surface area contributed by atoms with Crippen LogP contribution in [0, 0.1) is 34.5 Å². The van der Waals surface area contributed by atoms with E-state index >= 15 is 0 Å². The van der Waals surface area contributed by atoms with E-state index in [1.165, 1.54) is 31.2 Å². The Morgan fingerprint density at radius 3 is 2.54 bits per heavy atom. The molecule has 0 N–H and O–H groups in total. The molecule has 1 fully saturated rings. The second-order valence-corrected chi connectivity index (χ2v) is 7.16. The summed E-state index contributed by atoms with van der Waals surface area (Å²) in [5, 5.41) is 17.8. The van der Waals surface area contributed by atoms with Gasteiger partial charge in [0.05, 0.1) is 11.6 Å². The van der Waals surface area contributed by atoms with E-state index in [9.17, 15) is 0 Å². The molecule has 1 unspecified atom stereocenters. The van der Waals surface area contributed by atoms with Gasteiger partial charge in [0.25, 0.3) is 0 Å². The molecule has 0 aliphatic heterocycles. The standard InChI is InChI=1S/C23H23N3/c1-17(21-10-7-19(14-24)8-11-21)22-4-2-3-18(13-22)5-6-20-9-12-23(15-25)26-16-20/h5-12,16-18,22H,2-4,13H2,1H3/b6-5+/t17?,18-,22+/m1/s1. The van der Waals surface area contributed by atoms with Crippen LogP contribution in [0.1, 0.15) is 60.9 Å². The minimum Gasteiger partial charge on any atom is -0.245 e. The molecule has 3 rings (SSSR count). The lowest BCUT2D eigenvalue weighted by Gasteiger charge is -2.32. The Bertz CT molecular complexity index is 835. The Hall–Kier alpha value is -2.91. The minimum atomic E-state index is 0.455. The number of allylic oxidation sites excluding steroid dienone is 1. The first-order chi connectivity index (χ1) is 12.7. The van der Waals surface area contributed by atoms with Gasteiger partial charge in [-0.15, -0.1) is 0 Å². The van der Waals surface area contributed by atoms with Crippen molar-refractivity contribution < 1.29 is 0 Å². The van der Waals surface area contributed by atoms with Crippen molar-refractivity contribution in [1.29, 1.82) is 10.5 Å². The largest absolute Gasteiger partial charge is 0.245 e. The smallest absolute Gasteiger partial charge is 0.140 e. The monoisotopic (exact) mass is 341 g/mol. The maximum absolute atomic E-state index is 8.95. The molecule has 1 aliphatic carbocycles. The van der Waals surface area contributed by atoms with Crippen LogP contribution in [0.25, 0.3) is 6.08 Å². The molecule has 0 spiro atoms. The molecule has 0 amide bonds. The van der Waals surface area contributed by atoms with Crippen molar-refractivity contribution >= 4 is 6.08 Å². The van der Waals surface area contributed by atoms with Gasteiger partial charge in [-0.1, -0.05) is 43.7 Å². The third-order valence-electron chi connectivity index (χ3n) is 5.49. The van der Waals surface area contributed by atoms with E-state index < -0.39 is 0 Å². The molecule has 0 bridgehead atoms. The van der Waals surface area contributed by atoms with E-state index in [1.54, 1.807) is 12.3 Å². The normalized spacial score (nSPS) is 21.0. The first-order valence-electron chi connectivity index (χ1n) is 9.24. The number of nitriles is 2. The van der Waals surface area contributed by atoms with Crippen LogP contribution in [0.5, 0.6) is 0 Å². The van der Waals surface area contributed by atoms with Crippen LogP contribution in [0.15, 0.2) is 48.7 Å². The lowest BCUT2D eigenvalue weighted by Crippen LogP contribution is -2.19. The SMILES string of the molecule is CC(c1ccc(C#N)cc1)[C@H]1CCC[C@H](/C=C/c2ccc(C#N)nc2)C1. The molecule has 26 heavy (non-hydrogen) atoms.